The first kappa shape index (κ1) is 23.7. The zero-order chi connectivity index (χ0) is 27.4. The number of methoxy groups -OCH3 is 2. The summed E-state index contributed by atoms with van der Waals surface area (Å²) in [6, 6.07) is 10.8. The molecule has 4 amide bonds. The van der Waals surface area contributed by atoms with Gasteiger partial charge >= 0.3 is 0 Å². The van der Waals surface area contributed by atoms with E-state index in [-0.39, 0.29) is 71.0 Å². The van der Waals surface area contributed by atoms with Crippen molar-refractivity contribution in [2.24, 2.45) is 47.3 Å². The number of nitrogens with zero attached hydrogens (tertiary/aromatic N) is 2. The lowest BCUT2D eigenvalue weighted by molar-refractivity contribution is -0.124. The molecule has 8 rings (SSSR count). The van der Waals surface area contributed by atoms with E-state index < -0.39 is 0 Å². The van der Waals surface area contributed by atoms with Crippen molar-refractivity contribution in [3.63, 3.8) is 0 Å². The van der Waals surface area contributed by atoms with Crippen LogP contribution in [-0.2, 0) is 19.2 Å². The Hall–Kier alpha value is -4.20. The summed E-state index contributed by atoms with van der Waals surface area (Å²) < 4.78 is 11.3. The van der Waals surface area contributed by atoms with E-state index in [4.69, 9.17) is 9.47 Å². The van der Waals surface area contributed by atoms with Crippen molar-refractivity contribution in [2.45, 2.75) is 12.8 Å². The van der Waals surface area contributed by atoms with Gasteiger partial charge in [-0.2, -0.15) is 0 Å². The van der Waals surface area contributed by atoms with Crippen LogP contribution in [0, 0.1) is 47.3 Å². The van der Waals surface area contributed by atoms with E-state index in [0.717, 1.165) is 24.0 Å². The standard InChI is InChI=1S/C32H28N2O6/c1-39-23-13-15(7-9-21(23)33-29(35)25-17-3-4-18(11-17)26(25)30(33)36)16-8-10-22(24(14-16)40-2)34-31(37)27-19-5-6-20(12-19)28(27)32(34)38/h3-10,13-14,17-20,25-28H,11-12H2,1-2H3/t17-,18-,19-,20+,25-,26-,27-,28+/m0/s1. The van der Waals surface area contributed by atoms with Crippen molar-refractivity contribution in [3.8, 4) is 22.6 Å². The van der Waals surface area contributed by atoms with Gasteiger partial charge in [0.1, 0.15) is 11.5 Å². The molecule has 2 saturated carbocycles. The Kier molecular flexibility index (Phi) is 4.83. The molecule has 0 spiro atoms. The van der Waals surface area contributed by atoms with Gasteiger partial charge in [-0.05, 0) is 71.9 Å². The molecule has 2 aromatic rings. The second kappa shape index (κ2) is 8.16. The second-order valence-corrected chi connectivity index (χ2v) is 11.8. The van der Waals surface area contributed by atoms with Gasteiger partial charge in [-0.15, -0.1) is 0 Å². The minimum atomic E-state index is -0.287. The highest BCUT2D eigenvalue weighted by Crippen LogP contribution is 2.55. The van der Waals surface area contributed by atoms with Gasteiger partial charge in [-0.3, -0.25) is 19.2 Å². The maximum atomic E-state index is 13.4. The van der Waals surface area contributed by atoms with E-state index in [9.17, 15) is 19.2 Å². The van der Waals surface area contributed by atoms with Gasteiger partial charge in [0.2, 0.25) is 23.6 Å². The normalized spacial score (nSPS) is 34.5. The third-order valence-electron chi connectivity index (χ3n) is 10.1. The van der Waals surface area contributed by atoms with Gasteiger partial charge in [-0.25, -0.2) is 9.80 Å². The highest BCUT2D eigenvalue weighted by molar-refractivity contribution is 6.24. The van der Waals surface area contributed by atoms with Crippen molar-refractivity contribution in [3.05, 3.63) is 60.7 Å². The minimum absolute atomic E-state index is 0.132. The topological polar surface area (TPSA) is 93.2 Å². The zero-order valence-corrected chi connectivity index (χ0v) is 22.2. The Bertz CT molecular complexity index is 1410. The molecule has 40 heavy (non-hydrogen) atoms. The van der Waals surface area contributed by atoms with Crippen LogP contribution < -0.4 is 19.3 Å². The third kappa shape index (κ3) is 2.91. The molecule has 8 atom stereocenters. The second-order valence-electron chi connectivity index (χ2n) is 11.8. The molecule has 4 fully saturated rings. The molecule has 0 N–H and O–H groups in total. The first-order valence-corrected chi connectivity index (χ1v) is 13.9. The maximum absolute atomic E-state index is 13.4. The monoisotopic (exact) mass is 536 g/mol. The Morgan fingerprint density at radius 2 is 0.875 bits per heavy atom. The first-order chi connectivity index (χ1) is 19.4. The number of allylic oxidation sites excluding steroid dienone is 4. The largest absolute Gasteiger partial charge is 0.495 e. The highest BCUT2D eigenvalue weighted by Gasteiger charge is 2.61. The number of rotatable bonds is 5. The van der Waals surface area contributed by atoms with Crippen LogP contribution in [0.15, 0.2) is 60.7 Å². The van der Waals surface area contributed by atoms with Crippen molar-refractivity contribution in [2.75, 3.05) is 24.0 Å². The highest BCUT2D eigenvalue weighted by atomic mass is 16.5. The predicted octanol–water partition coefficient (Wildman–Crippen LogP) is 3.99. The quantitative estimate of drug-likeness (QED) is 0.424. The van der Waals surface area contributed by atoms with Gasteiger partial charge in [0.15, 0.2) is 0 Å². The summed E-state index contributed by atoms with van der Waals surface area (Å²) >= 11 is 0. The molecule has 2 aromatic carbocycles. The molecule has 2 saturated heterocycles. The predicted molar refractivity (Wildman–Crippen MR) is 145 cm³/mol. The molecule has 8 nitrogen and oxygen atoms in total. The van der Waals surface area contributed by atoms with Gasteiger partial charge < -0.3 is 9.47 Å². The summed E-state index contributed by atoms with van der Waals surface area (Å²) in [5, 5.41) is 0. The lowest BCUT2D eigenvalue weighted by atomic mass is 9.85. The van der Waals surface area contributed by atoms with Crippen LogP contribution in [0.5, 0.6) is 11.5 Å². The molecule has 6 aliphatic rings. The average Bonchev–Trinajstić information content (AvgIpc) is 3.81. The SMILES string of the molecule is COc1cc(-c2ccc(N3C(=O)[C@@H]4[C@H](C3=O)[C@@H]3C=C[C@H]4C3)c(OC)c2)ccc1N1C(=O)[C@@H]2[C@@H](C1=O)[C@H]1C=C[C@H]2C1. The number of fused-ring (bicyclic) bond motifs is 10. The van der Waals surface area contributed by atoms with E-state index in [0.29, 0.717) is 22.9 Å². The molecular weight excluding hydrogens is 508 g/mol. The number of hydrogen-bond acceptors (Lipinski definition) is 6. The lowest BCUT2D eigenvalue weighted by Gasteiger charge is -2.22. The summed E-state index contributed by atoms with van der Waals surface area (Å²) in [6.45, 7) is 0. The van der Waals surface area contributed by atoms with Gasteiger partial charge in [0.25, 0.3) is 0 Å². The lowest BCUT2D eigenvalue weighted by Crippen LogP contribution is -2.33. The summed E-state index contributed by atoms with van der Waals surface area (Å²) in [4.78, 5) is 56.1. The molecule has 0 aromatic heterocycles. The Morgan fingerprint density at radius 1 is 0.550 bits per heavy atom. The molecule has 4 aliphatic carbocycles. The minimum Gasteiger partial charge on any atom is -0.495 e. The number of hydrogen-bond donors (Lipinski definition) is 0. The van der Waals surface area contributed by atoms with Gasteiger partial charge in [0, 0.05) is 0 Å². The molecule has 2 aliphatic heterocycles. The Balaban J connectivity index is 1.11. The fraction of sp³-hybridized carbons (Fsp3) is 0.375. The van der Waals surface area contributed by atoms with Crippen molar-refractivity contribution in [1.82, 2.24) is 0 Å². The fourth-order valence-electron chi connectivity index (χ4n) is 8.36. The number of benzene rings is 2. The Morgan fingerprint density at radius 3 is 1.18 bits per heavy atom. The van der Waals surface area contributed by atoms with Crippen LogP contribution in [0.3, 0.4) is 0 Å². The van der Waals surface area contributed by atoms with Crippen LogP contribution in [0.1, 0.15) is 12.8 Å². The van der Waals surface area contributed by atoms with E-state index in [1.165, 1.54) is 24.0 Å². The van der Waals surface area contributed by atoms with E-state index in [1.54, 1.807) is 24.3 Å². The number of carbonyl (C=O) groups excluding carboxylic acids is 4. The molecule has 0 radical (unpaired) electrons. The summed E-state index contributed by atoms with van der Waals surface area (Å²) in [6.07, 6.45) is 10.1. The smallest absolute Gasteiger partial charge is 0.238 e. The van der Waals surface area contributed by atoms with Crippen LogP contribution in [0.2, 0.25) is 0 Å². The van der Waals surface area contributed by atoms with Crippen LogP contribution in [0.4, 0.5) is 11.4 Å². The summed E-state index contributed by atoms with van der Waals surface area (Å²) in [7, 11) is 3.04. The van der Waals surface area contributed by atoms with E-state index in [1.807, 2.05) is 12.1 Å². The summed E-state index contributed by atoms with van der Waals surface area (Å²) in [5.74, 6) is -0.399. The molecule has 0 unspecified atom stereocenters. The summed E-state index contributed by atoms with van der Waals surface area (Å²) in [5.41, 5.74) is 2.46. The van der Waals surface area contributed by atoms with E-state index >= 15 is 0 Å². The number of imide groups is 2. The number of amides is 4. The van der Waals surface area contributed by atoms with Gasteiger partial charge in [0.05, 0.1) is 49.3 Å². The molecule has 4 bridgehead atoms. The molecule has 2 heterocycles. The molecular formula is C32H28N2O6. The van der Waals surface area contributed by atoms with Crippen LogP contribution >= 0.6 is 0 Å². The average molecular weight is 537 g/mol. The Labute approximate surface area is 231 Å². The number of ether oxygens (including phenoxy) is 2. The third-order valence-corrected chi connectivity index (χ3v) is 10.1. The zero-order valence-electron chi connectivity index (χ0n) is 22.2. The van der Waals surface area contributed by atoms with Crippen molar-refractivity contribution < 1.29 is 28.7 Å². The fourth-order valence-corrected chi connectivity index (χ4v) is 8.36. The van der Waals surface area contributed by atoms with Gasteiger partial charge in [-0.1, -0.05) is 36.4 Å². The van der Waals surface area contributed by atoms with Crippen LogP contribution in [-0.4, -0.2) is 37.8 Å². The number of carbonyl (C=O) groups is 4. The molecule has 8 heteroatoms. The first-order valence-electron chi connectivity index (χ1n) is 13.9. The van der Waals surface area contributed by atoms with Crippen molar-refractivity contribution in [1.29, 1.82) is 0 Å². The maximum Gasteiger partial charge on any atom is 0.238 e. The van der Waals surface area contributed by atoms with Crippen LogP contribution in [0.25, 0.3) is 11.1 Å². The number of anilines is 2. The van der Waals surface area contributed by atoms with E-state index in [2.05, 4.69) is 24.3 Å². The van der Waals surface area contributed by atoms with Crippen molar-refractivity contribution >= 4 is 35.0 Å². The molecule has 202 valence electrons.